The largest absolute Gasteiger partial charge is 0.411 e. The maximum Gasteiger partial charge on any atom is 0.250 e. The van der Waals surface area contributed by atoms with Crippen molar-refractivity contribution in [3.05, 3.63) is 68.3 Å². The minimum Gasteiger partial charge on any atom is -0.411 e. The van der Waals surface area contributed by atoms with E-state index in [-0.39, 0.29) is 17.3 Å². The number of nitrogens with zero attached hydrogens (tertiary/aromatic N) is 2. The molecular formula is C18H20BrFN2O2. The number of oxime groups is 1. The summed E-state index contributed by atoms with van der Waals surface area (Å²) in [5.41, 5.74) is 1.55. The fourth-order valence-electron chi connectivity index (χ4n) is 2.76. The van der Waals surface area contributed by atoms with Gasteiger partial charge in [-0.25, -0.2) is 4.39 Å². The molecule has 1 aromatic carbocycles. The first-order chi connectivity index (χ1) is 11.5. The molecule has 1 atom stereocenters. The van der Waals surface area contributed by atoms with Gasteiger partial charge in [0.2, 0.25) is 5.56 Å². The van der Waals surface area contributed by atoms with Gasteiger partial charge < -0.3 is 9.77 Å². The third kappa shape index (κ3) is 4.32. The van der Waals surface area contributed by atoms with Gasteiger partial charge in [0.25, 0.3) is 0 Å². The molecule has 2 aromatic rings. The summed E-state index contributed by atoms with van der Waals surface area (Å²) >= 11 is 3.26. The quantitative estimate of drug-likeness (QED) is 0.447. The molecule has 1 heterocycles. The van der Waals surface area contributed by atoms with E-state index in [9.17, 15) is 14.4 Å². The molecule has 24 heavy (non-hydrogen) atoms. The lowest BCUT2D eigenvalue weighted by atomic mass is 9.87. The van der Waals surface area contributed by atoms with Gasteiger partial charge in [-0.05, 0) is 36.1 Å². The lowest BCUT2D eigenvalue weighted by Crippen LogP contribution is -2.18. The van der Waals surface area contributed by atoms with Gasteiger partial charge >= 0.3 is 0 Å². The molecule has 0 aliphatic heterocycles. The molecular weight excluding hydrogens is 375 g/mol. The number of hydrogen-bond donors (Lipinski definition) is 1. The van der Waals surface area contributed by atoms with Crippen molar-refractivity contribution < 1.29 is 9.60 Å². The molecule has 0 saturated heterocycles. The van der Waals surface area contributed by atoms with Crippen molar-refractivity contribution in [3.63, 3.8) is 0 Å². The predicted molar refractivity (Wildman–Crippen MR) is 96.4 cm³/mol. The van der Waals surface area contributed by atoms with Gasteiger partial charge in [0.1, 0.15) is 5.82 Å². The van der Waals surface area contributed by atoms with Crippen LogP contribution in [0.4, 0.5) is 4.39 Å². The Morgan fingerprint density at radius 2 is 2.12 bits per heavy atom. The molecule has 1 aromatic heterocycles. The van der Waals surface area contributed by atoms with Gasteiger partial charge in [0, 0.05) is 35.8 Å². The van der Waals surface area contributed by atoms with Crippen LogP contribution in [0.1, 0.15) is 43.2 Å². The fourth-order valence-corrected chi connectivity index (χ4v) is 3.10. The van der Waals surface area contributed by atoms with Crippen LogP contribution in [-0.2, 0) is 7.05 Å². The van der Waals surface area contributed by atoms with E-state index in [0.29, 0.717) is 27.7 Å². The maximum absolute atomic E-state index is 14.3. The van der Waals surface area contributed by atoms with E-state index in [1.54, 1.807) is 25.4 Å². The standard InChI is InChI=1S/C18H20BrFN2O2/c1-3-4-12(15-7-6-14(19)10-16(15)20)9-17(21-24)13-5-8-18(23)22(2)11-13/h5-8,10-12,24H,3-4,9H2,1-2H3. The molecule has 6 heteroatoms. The van der Waals surface area contributed by atoms with Crippen molar-refractivity contribution >= 4 is 21.6 Å². The second-order valence-electron chi connectivity index (χ2n) is 5.77. The normalized spacial score (nSPS) is 13.1. The minimum absolute atomic E-state index is 0.105. The second kappa shape index (κ2) is 8.24. The van der Waals surface area contributed by atoms with Crippen molar-refractivity contribution in [2.45, 2.75) is 32.1 Å². The van der Waals surface area contributed by atoms with Crippen LogP contribution in [0.2, 0.25) is 0 Å². The lowest BCUT2D eigenvalue weighted by molar-refractivity contribution is 0.317. The van der Waals surface area contributed by atoms with Gasteiger partial charge in [-0.2, -0.15) is 0 Å². The highest BCUT2D eigenvalue weighted by atomic mass is 79.9. The molecule has 0 saturated carbocycles. The molecule has 4 nitrogen and oxygen atoms in total. The lowest BCUT2D eigenvalue weighted by Gasteiger charge is -2.18. The first kappa shape index (κ1) is 18.4. The summed E-state index contributed by atoms with van der Waals surface area (Å²) in [6, 6.07) is 8.06. The number of benzene rings is 1. The van der Waals surface area contributed by atoms with Gasteiger partial charge in [0.05, 0.1) is 5.71 Å². The Morgan fingerprint density at radius 3 is 2.71 bits per heavy atom. The van der Waals surface area contributed by atoms with Crippen molar-refractivity contribution in [1.29, 1.82) is 0 Å². The third-order valence-electron chi connectivity index (χ3n) is 4.02. The molecule has 0 radical (unpaired) electrons. The number of aryl methyl sites for hydroxylation is 1. The summed E-state index contributed by atoms with van der Waals surface area (Å²) in [4.78, 5) is 11.5. The molecule has 0 bridgehead atoms. The number of rotatable bonds is 6. The van der Waals surface area contributed by atoms with E-state index in [4.69, 9.17) is 0 Å². The van der Waals surface area contributed by atoms with Crippen molar-refractivity contribution in [3.8, 4) is 0 Å². The van der Waals surface area contributed by atoms with Crippen LogP contribution >= 0.6 is 15.9 Å². The highest BCUT2D eigenvalue weighted by Gasteiger charge is 2.19. The second-order valence-corrected chi connectivity index (χ2v) is 6.68. The van der Waals surface area contributed by atoms with Gasteiger partial charge in [-0.1, -0.05) is 40.5 Å². The fraction of sp³-hybridized carbons (Fsp3) is 0.333. The van der Waals surface area contributed by atoms with Crippen LogP contribution in [0.15, 0.2) is 51.0 Å². The van der Waals surface area contributed by atoms with Crippen LogP contribution in [0, 0.1) is 5.82 Å². The smallest absolute Gasteiger partial charge is 0.250 e. The Labute approximate surface area is 148 Å². The average Bonchev–Trinajstić information content (AvgIpc) is 2.54. The molecule has 0 aliphatic rings. The zero-order chi connectivity index (χ0) is 17.7. The Bertz CT molecular complexity index is 802. The van der Waals surface area contributed by atoms with Crippen LogP contribution < -0.4 is 5.56 Å². The minimum atomic E-state index is -0.277. The maximum atomic E-state index is 14.3. The Hall–Kier alpha value is -1.95. The van der Waals surface area contributed by atoms with E-state index < -0.39 is 0 Å². The Kier molecular flexibility index (Phi) is 6.31. The van der Waals surface area contributed by atoms with E-state index >= 15 is 0 Å². The van der Waals surface area contributed by atoms with Gasteiger partial charge in [-0.3, -0.25) is 4.79 Å². The average molecular weight is 395 g/mol. The predicted octanol–water partition coefficient (Wildman–Crippen LogP) is 4.44. The monoisotopic (exact) mass is 394 g/mol. The SMILES string of the molecule is CCCC(CC(=NO)c1ccc(=O)n(C)c1)c1ccc(Br)cc1F. The summed E-state index contributed by atoms with van der Waals surface area (Å²) in [6.07, 6.45) is 3.66. The molecule has 0 fully saturated rings. The number of pyridine rings is 1. The zero-order valence-electron chi connectivity index (χ0n) is 13.7. The van der Waals surface area contributed by atoms with E-state index in [1.807, 2.05) is 13.0 Å². The summed E-state index contributed by atoms with van der Waals surface area (Å²) in [6.45, 7) is 2.03. The van der Waals surface area contributed by atoms with Gasteiger partial charge in [-0.15, -0.1) is 0 Å². The highest BCUT2D eigenvalue weighted by Crippen LogP contribution is 2.30. The third-order valence-corrected chi connectivity index (χ3v) is 4.51. The topological polar surface area (TPSA) is 54.6 Å². The van der Waals surface area contributed by atoms with Crippen LogP contribution in [-0.4, -0.2) is 15.5 Å². The summed E-state index contributed by atoms with van der Waals surface area (Å²) in [5.74, 6) is -0.383. The highest BCUT2D eigenvalue weighted by molar-refractivity contribution is 9.10. The number of aromatic nitrogens is 1. The van der Waals surface area contributed by atoms with Crippen molar-refractivity contribution in [2.24, 2.45) is 12.2 Å². The molecule has 128 valence electrons. The summed E-state index contributed by atoms with van der Waals surface area (Å²) in [7, 11) is 1.64. The zero-order valence-corrected chi connectivity index (χ0v) is 15.3. The molecule has 0 spiro atoms. The molecule has 1 unspecified atom stereocenters. The molecule has 2 rings (SSSR count). The van der Waals surface area contributed by atoms with Crippen LogP contribution in [0.5, 0.6) is 0 Å². The van der Waals surface area contributed by atoms with Crippen molar-refractivity contribution in [1.82, 2.24) is 4.57 Å². The summed E-state index contributed by atoms with van der Waals surface area (Å²) in [5, 5.41) is 12.8. The first-order valence-electron chi connectivity index (χ1n) is 7.79. The van der Waals surface area contributed by atoms with Crippen LogP contribution in [0.3, 0.4) is 0 Å². The molecule has 1 N–H and O–H groups in total. The first-order valence-corrected chi connectivity index (χ1v) is 8.58. The molecule has 0 amide bonds. The summed E-state index contributed by atoms with van der Waals surface area (Å²) < 4.78 is 16.4. The van der Waals surface area contributed by atoms with Crippen LogP contribution in [0.25, 0.3) is 0 Å². The van der Waals surface area contributed by atoms with E-state index in [1.165, 1.54) is 16.7 Å². The number of halogens is 2. The Morgan fingerprint density at radius 1 is 1.38 bits per heavy atom. The van der Waals surface area contributed by atoms with Gasteiger partial charge in [0.15, 0.2) is 0 Å². The van der Waals surface area contributed by atoms with E-state index in [2.05, 4.69) is 21.1 Å². The van der Waals surface area contributed by atoms with Crippen molar-refractivity contribution in [2.75, 3.05) is 0 Å². The molecule has 0 aliphatic carbocycles. The number of hydrogen-bond acceptors (Lipinski definition) is 3. The Balaban J connectivity index is 2.34. The van der Waals surface area contributed by atoms with E-state index in [0.717, 1.165) is 12.8 Å².